The van der Waals surface area contributed by atoms with Gasteiger partial charge in [-0.25, -0.2) is 0 Å². The largest absolute Gasteiger partial charge is 0.493 e. The first kappa shape index (κ1) is 21.8. The smallest absolute Gasteiger partial charge is 0.244 e. The molecule has 0 saturated heterocycles. The summed E-state index contributed by atoms with van der Waals surface area (Å²) in [6, 6.07) is 10.3. The van der Waals surface area contributed by atoms with Gasteiger partial charge >= 0.3 is 0 Å². The third-order valence-corrected chi connectivity index (χ3v) is 5.65. The zero-order valence-electron chi connectivity index (χ0n) is 18.3. The number of carbonyl (C=O) groups excluding carboxylic acids is 1. The van der Waals surface area contributed by atoms with Crippen LogP contribution in [0.15, 0.2) is 36.4 Å². The monoisotopic (exact) mass is 409 g/mol. The quantitative estimate of drug-likeness (QED) is 0.632. The highest BCUT2D eigenvalue weighted by atomic mass is 16.5. The minimum atomic E-state index is -0.142. The van der Waals surface area contributed by atoms with Gasteiger partial charge in [-0.05, 0) is 67.0 Å². The molecule has 2 aromatic rings. The van der Waals surface area contributed by atoms with Gasteiger partial charge in [0.1, 0.15) is 0 Å². The Morgan fingerprint density at radius 3 is 2.40 bits per heavy atom. The Kier molecular flexibility index (Phi) is 7.39. The lowest BCUT2D eigenvalue weighted by Crippen LogP contribution is -2.26. The zero-order valence-corrected chi connectivity index (χ0v) is 18.3. The van der Waals surface area contributed by atoms with Crippen LogP contribution in [0.5, 0.6) is 17.2 Å². The Balaban J connectivity index is 1.75. The van der Waals surface area contributed by atoms with Crippen molar-refractivity contribution in [3.05, 3.63) is 58.7 Å². The normalized spacial score (nSPS) is 14.1. The van der Waals surface area contributed by atoms with E-state index in [2.05, 4.69) is 30.4 Å². The van der Waals surface area contributed by atoms with E-state index in [1.54, 1.807) is 33.5 Å². The fourth-order valence-electron chi connectivity index (χ4n) is 4.03. The van der Waals surface area contributed by atoms with Gasteiger partial charge in [0.05, 0.1) is 27.4 Å². The summed E-state index contributed by atoms with van der Waals surface area (Å²) in [5.74, 6) is 1.47. The molecule has 0 spiro atoms. The maximum Gasteiger partial charge on any atom is 0.244 e. The summed E-state index contributed by atoms with van der Waals surface area (Å²) in [4.78, 5) is 12.6. The molecule has 1 amide bonds. The number of fused-ring (bicyclic) bond motifs is 1. The fraction of sp³-hybridized carbons (Fsp3) is 0.400. The Bertz CT molecular complexity index is 920. The van der Waals surface area contributed by atoms with Crippen molar-refractivity contribution in [2.45, 2.75) is 45.1 Å². The molecule has 3 rings (SSSR count). The van der Waals surface area contributed by atoms with Crippen LogP contribution in [-0.4, -0.2) is 27.2 Å². The molecule has 0 radical (unpaired) electrons. The third-order valence-electron chi connectivity index (χ3n) is 5.65. The average Bonchev–Trinajstić information content (AvgIpc) is 2.79. The van der Waals surface area contributed by atoms with Crippen LogP contribution in [-0.2, 0) is 17.6 Å². The SMILES string of the molecule is CC[C@@H](NC(=O)/C=C/c1ccc(OC)c(OC)c1OC)c1ccc2c(c1)CCCC2. The van der Waals surface area contributed by atoms with Gasteiger partial charge in [0.15, 0.2) is 11.5 Å². The van der Waals surface area contributed by atoms with E-state index in [1.165, 1.54) is 35.6 Å². The highest BCUT2D eigenvalue weighted by molar-refractivity contribution is 5.92. The van der Waals surface area contributed by atoms with Crippen molar-refractivity contribution in [2.24, 2.45) is 0 Å². The van der Waals surface area contributed by atoms with Gasteiger partial charge in [0, 0.05) is 11.6 Å². The number of aryl methyl sites for hydroxylation is 2. The van der Waals surface area contributed by atoms with Crippen LogP contribution in [0, 0.1) is 0 Å². The Hall–Kier alpha value is -2.95. The summed E-state index contributed by atoms with van der Waals surface area (Å²) >= 11 is 0. The number of carbonyl (C=O) groups is 1. The van der Waals surface area contributed by atoms with Gasteiger partial charge in [-0.2, -0.15) is 0 Å². The lowest BCUT2D eigenvalue weighted by Gasteiger charge is -2.21. The van der Waals surface area contributed by atoms with Gasteiger partial charge < -0.3 is 19.5 Å². The van der Waals surface area contributed by atoms with Crippen LogP contribution in [0.2, 0.25) is 0 Å². The molecule has 0 bridgehead atoms. The molecular weight excluding hydrogens is 378 g/mol. The number of hydrogen-bond acceptors (Lipinski definition) is 4. The summed E-state index contributed by atoms with van der Waals surface area (Å²) in [5.41, 5.74) is 4.79. The number of ether oxygens (including phenoxy) is 3. The molecule has 1 atom stereocenters. The van der Waals surface area contributed by atoms with Gasteiger partial charge in [-0.3, -0.25) is 4.79 Å². The number of amides is 1. The van der Waals surface area contributed by atoms with E-state index in [-0.39, 0.29) is 11.9 Å². The predicted molar refractivity (Wildman–Crippen MR) is 119 cm³/mol. The molecular formula is C25H31NO4. The van der Waals surface area contributed by atoms with Gasteiger partial charge in [0.25, 0.3) is 0 Å². The molecule has 1 N–H and O–H groups in total. The van der Waals surface area contributed by atoms with Crippen LogP contribution >= 0.6 is 0 Å². The second-order valence-corrected chi connectivity index (χ2v) is 7.46. The van der Waals surface area contributed by atoms with Crippen LogP contribution in [0.3, 0.4) is 0 Å². The standard InChI is InChI=1S/C25H31NO4/c1-5-21(20-11-10-17-8-6-7-9-19(17)16-20)26-23(27)15-13-18-12-14-22(28-2)25(30-4)24(18)29-3/h10-16,21H,5-9H2,1-4H3,(H,26,27)/b15-13+/t21-/m1/s1. The van der Waals surface area contributed by atoms with Crippen LogP contribution < -0.4 is 19.5 Å². The molecule has 2 aromatic carbocycles. The summed E-state index contributed by atoms with van der Waals surface area (Å²) < 4.78 is 16.2. The van der Waals surface area contributed by atoms with E-state index in [0.717, 1.165) is 24.8 Å². The lowest BCUT2D eigenvalue weighted by molar-refractivity contribution is -0.117. The van der Waals surface area contributed by atoms with E-state index in [4.69, 9.17) is 14.2 Å². The molecule has 0 heterocycles. The Morgan fingerprint density at radius 1 is 1.00 bits per heavy atom. The van der Waals surface area contributed by atoms with Crippen molar-refractivity contribution in [1.82, 2.24) is 5.32 Å². The number of methoxy groups -OCH3 is 3. The van der Waals surface area contributed by atoms with E-state index in [1.807, 2.05) is 6.07 Å². The van der Waals surface area contributed by atoms with Crippen molar-refractivity contribution in [3.63, 3.8) is 0 Å². The molecule has 0 aliphatic heterocycles. The first-order chi connectivity index (χ1) is 14.6. The van der Waals surface area contributed by atoms with E-state index >= 15 is 0 Å². The number of hydrogen-bond donors (Lipinski definition) is 1. The molecule has 1 aliphatic rings. The maximum absolute atomic E-state index is 12.6. The van der Waals surface area contributed by atoms with Gasteiger partial charge in [0.2, 0.25) is 11.7 Å². The molecule has 0 fully saturated rings. The molecule has 0 unspecified atom stereocenters. The molecule has 0 aromatic heterocycles. The fourth-order valence-corrected chi connectivity index (χ4v) is 4.03. The average molecular weight is 410 g/mol. The van der Waals surface area contributed by atoms with Crippen molar-refractivity contribution in [3.8, 4) is 17.2 Å². The maximum atomic E-state index is 12.6. The lowest BCUT2D eigenvalue weighted by atomic mass is 9.89. The minimum Gasteiger partial charge on any atom is -0.493 e. The van der Waals surface area contributed by atoms with Gasteiger partial charge in [-0.15, -0.1) is 0 Å². The summed E-state index contributed by atoms with van der Waals surface area (Å²) in [7, 11) is 4.70. The topological polar surface area (TPSA) is 56.8 Å². The highest BCUT2D eigenvalue weighted by Gasteiger charge is 2.17. The van der Waals surface area contributed by atoms with E-state index in [9.17, 15) is 4.79 Å². The summed E-state index contributed by atoms with van der Waals surface area (Å²) in [6.07, 6.45) is 8.90. The zero-order chi connectivity index (χ0) is 21.5. The number of benzene rings is 2. The first-order valence-electron chi connectivity index (χ1n) is 10.5. The van der Waals surface area contributed by atoms with Gasteiger partial charge in [-0.1, -0.05) is 25.1 Å². The Morgan fingerprint density at radius 2 is 1.73 bits per heavy atom. The summed E-state index contributed by atoms with van der Waals surface area (Å²) in [6.45, 7) is 2.09. The first-order valence-corrected chi connectivity index (χ1v) is 10.5. The van der Waals surface area contributed by atoms with Crippen molar-refractivity contribution >= 4 is 12.0 Å². The van der Waals surface area contributed by atoms with Crippen molar-refractivity contribution in [2.75, 3.05) is 21.3 Å². The second kappa shape index (κ2) is 10.2. The van der Waals surface area contributed by atoms with Crippen LogP contribution in [0.1, 0.15) is 54.5 Å². The Labute approximate surface area is 179 Å². The molecule has 160 valence electrons. The molecule has 5 nitrogen and oxygen atoms in total. The van der Waals surface area contributed by atoms with Crippen molar-refractivity contribution < 1.29 is 19.0 Å². The molecule has 0 saturated carbocycles. The molecule has 30 heavy (non-hydrogen) atoms. The van der Waals surface area contributed by atoms with E-state index in [0.29, 0.717) is 17.2 Å². The second-order valence-electron chi connectivity index (χ2n) is 7.46. The third kappa shape index (κ3) is 4.78. The van der Waals surface area contributed by atoms with Crippen LogP contribution in [0.4, 0.5) is 0 Å². The number of rotatable bonds is 8. The number of nitrogens with one attached hydrogen (secondary N) is 1. The summed E-state index contributed by atoms with van der Waals surface area (Å²) in [5, 5.41) is 3.13. The van der Waals surface area contributed by atoms with E-state index < -0.39 is 0 Å². The predicted octanol–water partition coefficient (Wildman–Crippen LogP) is 4.87. The van der Waals surface area contributed by atoms with Crippen molar-refractivity contribution in [1.29, 1.82) is 0 Å². The van der Waals surface area contributed by atoms with Crippen LogP contribution in [0.25, 0.3) is 6.08 Å². The molecule has 5 heteroatoms. The highest BCUT2D eigenvalue weighted by Crippen LogP contribution is 2.40. The molecule has 1 aliphatic carbocycles. The minimum absolute atomic E-state index is 0.0123.